The number of benzene rings is 3. The van der Waals surface area contributed by atoms with Crippen LogP contribution in [0.2, 0.25) is 0 Å². The van der Waals surface area contributed by atoms with Crippen molar-refractivity contribution in [2.24, 2.45) is 0 Å². The van der Waals surface area contributed by atoms with Crippen LogP contribution in [0, 0.1) is 5.82 Å². The molecule has 0 bridgehead atoms. The van der Waals surface area contributed by atoms with E-state index in [2.05, 4.69) is 67.5 Å². The first-order chi connectivity index (χ1) is 29.6. The lowest BCUT2D eigenvalue weighted by atomic mass is 9.99. The highest BCUT2D eigenvalue weighted by molar-refractivity contribution is 6.25. The van der Waals surface area contributed by atoms with Crippen LogP contribution in [0.25, 0.3) is 22.2 Å². The summed E-state index contributed by atoms with van der Waals surface area (Å²) in [6.45, 7) is 4.74. The molecular formula is C44H48FN9O7. The number of anilines is 1. The zero-order valence-electron chi connectivity index (χ0n) is 33.9. The maximum Gasteiger partial charge on any atom is 0.264 e. The monoisotopic (exact) mass is 833 g/mol. The van der Waals surface area contributed by atoms with Crippen LogP contribution in [-0.4, -0.2) is 118 Å². The van der Waals surface area contributed by atoms with E-state index in [-0.39, 0.29) is 29.9 Å². The molecule has 5 aromatic rings. The molecule has 1 saturated heterocycles. The standard InChI is InChI=1S/C44H48FN9O7/c1-52(25-27-8-10-28(11-9-27)40-31-14-15-47-41(56)33-23-29(45)24-35(48-40)38(31)33)17-3-2-5-30-26-53(51-50-30)18-20-61-22-21-60-19-16-46-34-7-4-6-32-39(34)44(59)54(43(32)58)36-12-13-37(55)49-42(36)57/h4,6-11,23-24,26,36,46,48H,2-3,5,12-22,25H2,1H3,(H,47,56)(H,49,55,57). The Morgan fingerprint density at radius 1 is 0.934 bits per heavy atom. The highest BCUT2D eigenvalue weighted by atomic mass is 19.1. The van der Waals surface area contributed by atoms with E-state index in [9.17, 15) is 28.4 Å². The van der Waals surface area contributed by atoms with Crippen molar-refractivity contribution in [1.82, 2.24) is 40.4 Å². The molecule has 2 aromatic heterocycles. The number of halogens is 1. The lowest BCUT2D eigenvalue weighted by Gasteiger charge is -2.27. The summed E-state index contributed by atoms with van der Waals surface area (Å²) < 4.78 is 27.5. The Morgan fingerprint density at radius 2 is 1.75 bits per heavy atom. The molecule has 1 unspecified atom stereocenters. The molecule has 17 heteroatoms. The predicted molar refractivity (Wildman–Crippen MR) is 222 cm³/mol. The number of rotatable bonds is 19. The first-order valence-electron chi connectivity index (χ1n) is 20.7. The van der Waals surface area contributed by atoms with Crippen molar-refractivity contribution in [3.8, 4) is 11.3 Å². The van der Waals surface area contributed by atoms with E-state index >= 15 is 0 Å². The molecule has 5 heterocycles. The summed E-state index contributed by atoms with van der Waals surface area (Å²) in [5, 5.41) is 17.6. The van der Waals surface area contributed by atoms with E-state index in [1.54, 1.807) is 22.9 Å². The molecule has 318 valence electrons. The van der Waals surface area contributed by atoms with E-state index in [0.29, 0.717) is 69.3 Å². The van der Waals surface area contributed by atoms with Crippen LogP contribution in [0.1, 0.15) is 73.6 Å². The zero-order valence-corrected chi connectivity index (χ0v) is 33.9. The quantitative estimate of drug-likeness (QED) is 0.0698. The zero-order chi connectivity index (χ0) is 42.5. The molecule has 1 fully saturated rings. The largest absolute Gasteiger partial charge is 0.382 e. The number of nitrogens with zero attached hydrogens (tertiary/aromatic N) is 5. The van der Waals surface area contributed by atoms with Gasteiger partial charge in [-0.25, -0.2) is 9.07 Å². The number of nitrogens with one attached hydrogen (secondary N) is 4. The summed E-state index contributed by atoms with van der Waals surface area (Å²) >= 11 is 0. The summed E-state index contributed by atoms with van der Waals surface area (Å²) in [5.41, 5.74) is 7.02. The minimum absolute atomic E-state index is 0.0622. The van der Waals surface area contributed by atoms with Gasteiger partial charge in [0.2, 0.25) is 11.8 Å². The van der Waals surface area contributed by atoms with Gasteiger partial charge in [-0.2, -0.15) is 0 Å². The molecule has 3 aliphatic heterocycles. The van der Waals surface area contributed by atoms with Gasteiger partial charge in [0.25, 0.3) is 17.7 Å². The Balaban J connectivity index is 0.690. The van der Waals surface area contributed by atoms with Crippen LogP contribution in [0.4, 0.5) is 10.1 Å². The average molecular weight is 834 g/mol. The maximum absolute atomic E-state index is 14.3. The van der Waals surface area contributed by atoms with Gasteiger partial charge in [-0.1, -0.05) is 35.5 Å². The number of amides is 5. The molecule has 61 heavy (non-hydrogen) atoms. The SMILES string of the molecule is CN(CCCCc1cn(CCOCCOCCNc2cccc3c2C(=O)N(C2CCC(=O)NC2=O)C3=O)nn1)Cc1ccc(-c2[nH]c3cc(F)cc4c3c2CCNC4=O)cc1. The second kappa shape index (κ2) is 18.5. The molecule has 3 aromatic carbocycles. The summed E-state index contributed by atoms with van der Waals surface area (Å²) in [7, 11) is 2.11. The van der Waals surface area contributed by atoms with E-state index in [4.69, 9.17) is 9.47 Å². The van der Waals surface area contributed by atoms with Gasteiger partial charge in [0.15, 0.2) is 0 Å². The normalized spacial score (nSPS) is 16.3. The van der Waals surface area contributed by atoms with Crippen LogP contribution >= 0.6 is 0 Å². The first kappa shape index (κ1) is 41.4. The van der Waals surface area contributed by atoms with Crippen molar-refractivity contribution < 1.29 is 37.8 Å². The molecule has 0 radical (unpaired) electrons. The summed E-state index contributed by atoms with van der Waals surface area (Å²) in [6, 6.07) is 15.1. The van der Waals surface area contributed by atoms with Gasteiger partial charge >= 0.3 is 0 Å². The van der Waals surface area contributed by atoms with Gasteiger partial charge in [-0.3, -0.25) is 34.2 Å². The smallest absolute Gasteiger partial charge is 0.264 e. The fourth-order valence-corrected chi connectivity index (χ4v) is 8.26. The number of carbonyl (C=O) groups excluding carboxylic acids is 5. The topological polar surface area (TPSA) is 193 Å². The van der Waals surface area contributed by atoms with Crippen LogP contribution in [0.5, 0.6) is 0 Å². The Bertz CT molecular complexity index is 2460. The van der Waals surface area contributed by atoms with Gasteiger partial charge in [-0.15, -0.1) is 5.10 Å². The summed E-state index contributed by atoms with van der Waals surface area (Å²) in [5.74, 6) is -2.85. The van der Waals surface area contributed by atoms with Gasteiger partial charge in [0.1, 0.15) is 11.9 Å². The van der Waals surface area contributed by atoms with E-state index in [1.165, 1.54) is 17.7 Å². The molecule has 16 nitrogen and oxygen atoms in total. The molecule has 3 aliphatic rings. The van der Waals surface area contributed by atoms with Gasteiger partial charge < -0.3 is 30.0 Å². The third kappa shape index (κ3) is 9.23. The van der Waals surface area contributed by atoms with Gasteiger partial charge in [0, 0.05) is 54.5 Å². The molecule has 0 spiro atoms. The van der Waals surface area contributed by atoms with E-state index in [1.807, 2.05) is 6.20 Å². The number of ether oxygens (including phenoxy) is 2. The molecule has 0 saturated carbocycles. The number of hydrogen-bond acceptors (Lipinski definition) is 11. The number of fused-ring (bicyclic) bond motifs is 1. The summed E-state index contributed by atoms with van der Waals surface area (Å²) in [4.78, 5) is 69.4. The highest BCUT2D eigenvalue weighted by Gasteiger charge is 2.45. The average Bonchev–Trinajstić information content (AvgIpc) is 3.89. The lowest BCUT2D eigenvalue weighted by Crippen LogP contribution is -2.54. The Morgan fingerprint density at radius 3 is 2.57 bits per heavy atom. The van der Waals surface area contributed by atoms with Crippen LogP contribution in [-0.2, 0) is 45.0 Å². The fraction of sp³-hybridized carbons (Fsp3) is 0.386. The van der Waals surface area contributed by atoms with Crippen molar-refractivity contribution in [3.63, 3.8) is 0 Å². The van der Waals surface area contributed by atoms with E-state index in [0.717, 1.165) is 65.2 Å². The maximum atomic E-state index is 14.3. The van der Waals surface area contributed by atoms with Crippen molar-refractivity contribution in [1.29, 1.82) is 0 Å². The number of imide groups is 2. The molecule has 5 amide bonds. The molecule has 1 atom stereocenters. The number of unbranched alkanes of at least 4 members (excludes halogenated alkanes) is 1. The number of carbonyl (C=O) groups is 5. The van der Waals surface area contributed by atoms with Gasteiger partial charge in [-0.05, 0) is 86.7 Å². The summed E-state index contributed by atoms with van der Waals surface area (Å²) in [6.07, 6.45) is 5.61. The predicted octanol–water partition coefficient (Wildman–Crippen LogP) is 3.85. The number of aromatic nitrogens is 4. The highest BCUT2D eigenvalue weighted by Crippen LogP contribution is 2.35. The number of piperidine rings is 1. The number of H-pyrrole nitrogens is 1. The van der Waals surface area contributed by atoms with Crippen molar-refractivity contribution in [3.05, 3.63) is 100 Å². The number of hydrogen-bond donors (Lipinski definition) is 4. The Labute approximate surface area is 351 Å². The molecular weight excluding hydrogens is 786 g/mol. The number of aryl methyl sites for hydroxylation is 1. The van der Waals surface area contributed by atoms with Gasteiger partial charge in [0.05, 0.1) is 55.4 Å². The fourth-order valence-electron chi connectivity index (χ4n) is 8.26. The third-order valence-electron chi connectivity index (χ3n) is 11.2. The minimum Gasteiger partial charge on any atom is -0.382 e. The second-order valence-electron chi connectivity index (χ2n) is 15.6. The first-order valence-corrected chi connectivity index (χ1v) is 20.7. The molecule has 4 N–H and O–H groups in total. The van der Waals surface area contributed by atoms with Crippen LogP contribution in [0.3, 0.4) is 0 Å². The molecule has 8 rings (SSSR count). The lowest BCUT2D eigenvalue weighted by molar-refractivity contribution is -0.136. The van der Waals surface area contributed by atoms with Crippen molar-refractivity contribution >= 4 is 46.1 Å². The van der Waals surface area contributed by atoms with Crippen LogP contribution < -0.4 is 16.0 Å². The van der Waals surface area contributed by atoms with E-state index < -0.39 is 35.5 Å². The Kier molecular flexibility index (Phi) is 12.6. The minimum atomic E-state index is -1.02. The third-order valence-corrected chi connectivity index (χ3v) is 11.2. The second-order valence-corrected chi connectivity index (χ2v) is 15.6. The number of aromatic amines is 1. The van der Waals surface area contributed by atoms with Crippen molar-refractivity contribution in [2.45, 2.75) is 57.7 Å². The molecule has 0 aliphatic carbocycles. The Hall–Kier alpha value is -6.30. The van der Waals surface area contributed by atoms with Crippen LogP contribution in [0.15, 0.2) is 60.8 Å². The van der Waals surface area contributed by atoms with Crippen molar-refractivity contribution in [2.75, 3.05) is 58.4 Å².